The Kier molecular flexibility index (Phi) is 69.0. The maximum absolute atomic E-state index is 13.1. The molecule has 19 heteroatoms. The van der Waals surface area contributed by atoms with Crippen LogP contribution in [0.3, 0.4) is 0 Å². The Morgan fingerprint density at radius 1 is 0.293 bits per heavy atom. The number of hydrogen-bond donors (Lipinski definition) is 3. The van der Waals surface area contributed by atoms with E-state index in [1.807, 2.05) is 0 Å². The van der Waals surface area contributed by atoms with Crippen LogP contribution in [-0.2, 0) is 65.4 Å². The van der Waals surface area contributed by atoms with Gasteiger partial charge in [0.15, 0.2) is 12.2 Å². The van der Waals surface area contributed by atoms with Gasteiger partial charge in [0.2, 0.25) is 0 Å². The highest BCUT2D eigenvalue weighted by Gasteiger charge is 2.30. The SMILES string of the molecule is CCCCCCCCCCCC(=O)OC[C@H](COP(=O)(O)OC[C@H](O)COP(=O)(O)OC[C@@H](COC(=O)CCCCCCCCCCCCCCCCCC(C)C)OC(=O)CCCCCCCCCCCCCCCCCC(C)C)OC(=O)CCCCCCCCCCCCC(C)CC. The summed E-state index contributed by atoms with van der Waals surface area (Å²) in [6.07, 6.45) is 58.2. The first-order chi connectivity index (χ1) is 47.8. The summed E-state index contributed by atoms with van der Waals surface area (Å²) < 4.78 is 68.7. The minimum absolute atomic E-state index is 0.106. The molecule has 0 rings (SSSR count). The van der Waals surface area contributed by atoms with Crippen LogP contribution in [0.5, 0.6) is 0 Å². The molecule has 0 aromatic carbocycles. The standard InChI is InChI=1S/C80H156O17P2/c1-8-10-11-12-13-30-40-47-54-61-77(82)90-67-75(97-80(85)64-57-50-43-36-29-28-33-39-46-53-60-73(7)9-2)69-94-98(86,87)92-65-74(81)66-93-99(88,89)95-70-76(96-79(84)63-56-49-42-35-27-23-19-15-17-21-25-32-38-45-52-59-72(5)6)68-91-78(83)62-55-48-41-34-26-22-18-14-16-20-24-31-37-44-51-58-71(3)4/h71-76,81H,8-70H2,1-7H3,(H,86,87)(H,88,89)/t73?,74-,75+,76+/m0/s1. The third-order valence-corrected chi connectivity index (χ3v) is 20.9. The number of esters is 4. The number of carbonyl (C=O) groups is 4. The van der Waals surface area contributed by atoms with Crippen LogP contribution in [0.15, 0.2) is 0 Å². The van der Waals surface area contributed by atoms with Crippen LogP contribution < -0.4 is 0 Å². The maximum Gasteiger partial charge on any atom is 0.472 e. The van der Waals surface area contributed by atoms with Gasteiger partial charge in [-0.15, -0.1) is 0 Å². The summed E-state index contributed by atoms with van der Waals surface area (Å²) in [7, 11) is -9.92. The Bertz CT molecular complexity index is 1920. The Morgan fingerprint density at radius 2 is 0.515 bits per heavy atom. The van der Waals surface area contributed by atoms with Crippen molar-refractivity contribution in [3.63, 3.8) is 0 Å². The Hall–Kier alpha value is -1.94. The minimum Gasteiger partial charge on any atom is -0.462 e. The lowest BCUT2D eigenvalue weighted by molar-refractivity contribution is -0.161. The van der Waals surface area contributed by atoms with Gasteiger partial charge in [0, 0.05) is 25.7 Å². The van der Waals surface area contributed by atoms with Crippen molar-refractivity contribution in [1.29, 1.82) is 0 Å². The molecule has 0 fully saturated rings. The first kappa shape index (κ1) is 97.1. The van der Waals surface area contributed by atoms with Gasteiger partial charge in [-0.2, -0.15) is 0 Å². The molecule has 0 amide bonds. The second kappa shape index (κ2) is 70.4. The summed E-state index contributed by atoms with van der Waals surface area (Å²) in [5.41, 5.74) is 0. The van der Waals surface area contributed by atoms with E-state index in [0.717, 1.165) is 108 Å². The Labute approximate surface area is 607 Å². The fourth-order valence-corrected chi connectivity index (χ4v) is 13.9. The largest absolute Gasteiger partial charge is 0.472 e. The molecule has 3 unspecified atom stereocenters. The predicted molar refractivity (Wildman–Crippen MR) is 405 cm³/mol. The van der Waals surface area contributed by atoms with E-state index in [2.05, 4.69) is 48.5 Å². The van der Waals surface area contributed by atoms with Gasteiger partial charge in [-0.25, -0.2) is 9.13 Å². The summed E-state index contributed by atoms with van der Waals surface area (Å²) in [4.78, 5) is 72.9. The third kappa shape index (κ3) is 72.8. The van der Waals surface area contributed by atoms with Gasteiger partial charge >= 0.3 is 39.5 Å². The molecule has 0 heterocycles. The summed E-state index contributed by atoms with van der Waals surface area (Å²) in [6, 6.07) is 0. The monoisotopic (exact) mass is 1450 g/mol. The van der Waals surface area contributed by atoms with Crippen LogP contribution in [0.4, 0.5) is 0 Å². The minimum atomic E-state index is -4.96. The number of ether oxygens (including phenoxy) is 4. The van der Waals surface area contributed by atoms with Crippen LogP contribution in [0.1, 0.15) is 414 Å². The van der Waals surface area contributed by atoms with Gasteiger partial charge in [0.05, 0.1) is 26.4 Å². The van der Waals surface area contributed by atoms with Crippen LogP contribution in [-0.4, -0.2) is 96.7 Å². The number of phosphoric ester groups is 2. The fourth-order valence-electron chi connectivity index (χ4n) is 12.3. The van der Waals surface area contributed by atoms with Crippen molar-refractivity contribution in [2.75, 3.05) is 39.6 Å². The molecule has 0 bridgehead atoms. The van der Waals surface area contributed by atoms with Crippen molar-refractivity contribution in [2.24, 2.45) is 17.8 Å². The number of hydrogen-bond acceptors (Lipinski definition) is 15. The van der Waals surface area contributed by atoms with Gasteiger partial charge in [0.25, 0.3) is 0 Å². The van der Waals surface area contributed by atoms with Crippen molar-refractivity contribution < 1.29 is 80.2 Å². The molecule has 588 valence electrons. The zero-order chi connectivity index (χ0) is 73.0. The molecule has 0 aliphatic rings. The first-order valence-electron chi connectivity index (χ1n) is 41.4. The molecule has 0 saturated carbocycles. The van der Waals surface area contributed by atoms with Gasteiger partial charge < -0.3 is 33.8 Å². The van der Waals surface area contributed by atoms with E-state index in [4.69, 9.17) is 37.0 Å². The smallest absolute Gasteiger partial charge is 0.462 e. The Morgan fingerprint density at radius 3 is 0.768 bits per heavy atom. The first-order valence-corrected chi connectivity index (χ1v) is 44.4. The number of aliphatic hydroxyl groups excluding tert-OH is 1. The van der Waals surface area contributed by atoms with Crippen molar-refractivity contribution >= 4 is 39.5 Å². The Balaban J connectivity index is 5.23. The van der Waals surface area contributed by atoms with Crippen molar-refractivity contribution in [3.05, 3.63) is 0 Å². The number of rotatable bonds is 78. The molecule has 0 aliphatic carbocycles. The van der Waals surface area contributed by atoms with Crippen LogP contribution in [0.25, 0.3) is 0 Å². The zero-order valence-electron chi connectivity index (χ0n) is 65.0. The quantitative estimate of drug-likeness (QED) is 0.0222. The van der Waals surface area contributed by atoms with E-state index in [1.54, 1.807) is 0 Å². The van der Waals surface area contributed by atoms with Gasteiger partial charge in [-0.1, -0.05) is 363 Å². The average Bonchev–Trinajstić information content (AvgIpc) is 0.987. The zero-order valence-corrected chi connectivity index (χ0v) is 66.8. The van der Waals surface area contributed by atoms with Gasteiger partial charge in [0.1, 0.15) is 19.3 Å². The predicted octanol–water partition coefficient (Wildman–Crippen LogP) is 23.7. The summed E-state index contributed by atoms with van der Waals surface area (Å²) in [6.45, 7) is 12.0. The molecule has 17 nitrogen and oxygen atoms in total. The van der Waals surface area contributed by atoms with E-state index in [-0.39, 0.29) is 25.7 Å². The highest BCUT2D eigenvalue weighted by atomic mass is 31.2. The molecule has 0 spiro atoms. The number of unbranched alkanes of at least 4 members (excludes halogenated alkanes) is 45. The highest BCUT2D eigenvalue weighted by Crippen LogP contribution is 2.45. The molecule has 0 aromatic heterocycles. The van der Waals surface area contributed by atoms with E-state index in [9.17, 15) is 43.2 Å². The molecule has 0 radical (unpaired) electrons. The summed E-state index contributed by atoms with van der Waals surface area (Å²) in [5.74, 6) is 0.299. The van der Waals surface area contributed by atoms with Crippen molar-refractivity contribution in [3.8, 4) is 0 Å². The van der Waals surface area contributed by atoms with Crippen LogP contribution in [0.2, 0.25) is 0 Å². The molecular weight excluding hydrogens is 1290 g/mol. The van der Waals surface area contributed by atoms with E-state index in [0.29, 0.717) is 25.7 Å². The molecular formula is C80H156O17P2. The second-order valence-electron chi connectivity index (χ2n) is 30.0. The highest BCUT2D eigenvalue weighted by molar-refractivity contribution is 7.47. The number of carbonyl (C=O) groups excluding carboxylic acids is 4. The lowest BCUT2D eigenvalue weighted by atomic mass is 9.99. The molecule has 0 aliphatic heterocycles. The second-order valence-corrected chi connectivity index (χ2v) is 32.9. The normalized spacial score (nSPS) is 14.3. The third-order valence-electron chi connectivity index (χ3n) is 19.0. The lowest BCUT2D eigenvalue weighted by Crippen LogP contribution is -2.30. The fraction of sp³-hybridized carbons (Fsp3) is 0.950. The number of aliphatic hydroxyl groups is 1. The topological polar surface area (TPSA) is 237 Å². The van der Waals surface area contributed by atoms with Crippen LogP contribution >= 0.6 is 15.6 Å². The molecule has 99 heavy (non-hydrogen) atoms. The molecule has 0 saturated heterocycles. The maximum atomic E-state index is 13.1. The van der Waals surface area contributed by atoms with Gasteiger partial charge in [-0.3, -0.25) is 37.3 Å². The molecule has 3 N–H and O–H groups in total. The van der Waals surface area contributed by atoms with Crippen molar-refractivity contribution in [1.82, 2.24) is 0 Å². The van der Waals surface area contributed by atoms with E-state index < -0.39 is 97.5 Å². The summed E-state index contributed by atoms with van der Waals surface area (Å²) >= 11 is 0. The van der Waals surface area contributed by atoms with Crippen molar-refractivity contribution in [2.45, 2.75) is 433 Å². The van der Waals surface area contributed by atoms with E-state index in [1.165, 1.54) is 225 Å². The summed E-state index contributed by atoms with van der Waals surface area (Å²) in [5, 5.41) is 10.6. The lowest BCUT2D eigenvalue weighted by Gasteiger charge is -2.21. The number of phosphoric acid groups is 2. The molecule has 0 aromatic rings. The van der Waals surface area contributed by atoms with Crippen LogP contribution in [0, 0.1) is 17.8 Å². The molecule has 6 atom stereocenters. The van der Waals surface area contributed by atoms with Gasteiger partial charge in [-0.05, 0) is 43.4 Å². The van der Waals surface area contributed by atoms with E-state index >= 15 is 0 Å². The average molecular weight is 1450 g/mol.